The van der Waals surface area contributed by atoms with Crippen LogP contribution in [-0.2, 0) is 0 Å². The number of aromatic nitrogens is 2. The van der Waals surface area contributed by atoms with Crippen molar-refractivity contribution < 1.29 is 4.79 Å². The fraction of sp³-hybridized carbons (Fsp3) is 0.474. The third-order valence-corrected chi connectivity index (χ3v) is 6.68. The fourth-order valence-corrected chi connectivity index (χ4v) is 4.89. The first kappa shape index (κ1) is 18.0. The molecule has 1 aliphatic carbocycles. The number of amides is 1. The predicted octanol–water partition coefficient (Wildman–Crippen LogP) is 2.14. The van der Waals surface area contributed by atoms with Gasteiger partial charge in [-0.25, -0.2) is 10.4 Å². The number of nitrogens with one attached hydrogen (secondary N) is 3. The van der Waals surface area contributed by atoms with Crippen molar-refractivity contribution in [2.45, 2.75) is 51.2 Å². The Morgan fingerprint density at radius 1 is 1.30 bits per heavy atom. The van der Waals surface area contributed by atoms with Gasteiger partial charge in [-0.3, -0.25) is 15.2 Å². The SMILES string of the molecule is Cc1c(C#N)cnc(C(=O)NC2CCC3NNC(c4cncs4)C3C2)c1C. The molecule has 0 aromatic carbocycles. The second kappa shape index (κ2) is 7.35. The van der Waals surface area contributed by atoms with Crippen LogP contribution in [-0.4, -0.2) is 28.0 Å². The molecule has 4 atom stereocenters. The van der Waals surface area contributed by atoms with Crippen molar-refractivity contribution in [1.82, 2.24) is 26.1 Å². The van der Waals surface area contributed by atoms with Crippen molar-refractivity contribution in [3.8, 4) is 6.07 Å². The summed E-state index contributed by atoms with van der Waals surface area (Å²) in [6.07, 6.45) is 6.26. The van der Waals surface area contributed by atoms with Crippen LogP contribution in [0.2, 0.25) is 0 Å². The highest BCUT2D eigenvalue weighted by Gasteiger charge is 2.42. The molecule has 4 rings (SSSR count). The van der Waals surface area contributed by atoms with E-state index in [1.807, 2.05) is 25.6 Å². The van der Waals surface area contributed by atoms with Gasteiger partial charge in [-0.05, 0) is 50.2 Å². The molecule has 2 aromatic heterocycles. The van der Waals surface area contributed by atoms with Crippen molar-refractivity contribution in [2.24, 2.45) is 5.92 Å². The average molecular weight is 382 g/mol. The van der Waals surface area contributed by atoms with Crippen molar-refractivity contribution in [3.05, 3.63) is 45.2 Å². The van der Waals surface area contributed by atoms with E-state index >= 15 is 0 Å². The molecule has 7 nitrogen and oxygen atoms in total. The minimum Gasteiger partial charge on any atom is -0.348 e. The first-order valence-electron chi connectivity index (χ1n) is 9.15. The molecule has 27 heavy (non-hydrogen) atoms. The highest BCUT2D eigenvalue weighted by atomic mass is 32.1. The van der Waals surface area contributed by atoms with Gasteiger partial charge in [-0.1, -0.05) is 0 Å². The molecule has 1 amide bonds. The van der Waals surface area contributed by atoms with E-state index in [9.17, 15) is 4.79 Å². The first-order valence-corrected chi connectivity index (χ1v) is 10.0. The van der Waals surface area contributed by atoms with E-state index in [1.54, 1.807) is 11.3 Å². The maximum Gasteiger partial charge on any atom is 0.270 e. The number of nitrogens with zero attached hydrogens (tertiary/aromatic N) is 3. The Labute approximate surface area is 162 Å². The second-order valence-electron chi connectivity index (χ2n) is 7.31. The van der Waals surface area contributed by atoms with Gasteiger partial charge in [0.2, 0.25) is 0 Å². The molecule has 4 unspecified atom stereocenters. The lowest BCUT2D eigenvalue weighted by Crippen LogP contribution is -2.44. The summed E-state index contributed by atoms with van der Waals surface area (Å²) in [6, 6.07) is 2.89. The van der Waals surface area contributed by atoms with Gasteiger partial charge in [0.25, 0.3) is 5.91 Å². The molecule has 3 N–H and O–H groups in total. The maximum absolute atomic E-state index is 12.8. The standard InChI is InChI=1S/C19H22N6OS/c1-10-11(2)17(22-7-12(10)6-20)19(26)23-13-3-4-15-14(5-13)18(25-24-15)16-8-21-9-27-16/h7-9,13-15,18,24-25H,3-5H2,1-2H3,(H,23,26). The van der Waals surface area contributed by atoms with Gasteiger partial charge in [-0.15, -0.1) is 11.3 Å². The lowest BCUT2D eigenvalue weighted by Gasteiger charge is -2.33. The van der Waals surface area contributed by atoms with Crippen LogP contribution in [0, 0.1) is 31.1 Å². The molecule has 2 aromatic rings. The van der Waals surface area contributed by atoms with Crippen molar-refractivity contribution in [3.63, 3.8) is 0 Å². The average Bonchev–Trinajstić information content (AvgIpc) is 3.32. The minimum atomic E-state index is -0.156. The molecular weight excluding hydrogens is 360 g/mol. The Bertz CT molecular complexity index is 890. The van der Waals surface area contributed by atoms with E-state index in [2.05, 4.69) is 32.2 Å². The molecule has 0 radical (unpaired) electrons. The predicted molar refractivity (Wildman–Crippen MR) is 102 cm³/mol. The Kier molecular flexibility index (Phi) is 4.91. The number of carbonyl (C=O) groups excluding carboxylic acids is 1. The molecule has 1 saturated heterocycles. The Hall–Kier alpha value is -2.34. The number of hydrogen-bond donors (Lipinski definition) is 3. The Morgan fingerprint density at radius 3 is 2.89 bits per heavy atom. The lowest BCUT2D eigenvalue weighted by atomic mass is 9.79. The number of hydrazine groups is 1. The first-order chi connectivity index (χ1) is 13.1. The van der Waals surface area contributed by atoms with Gasteiger partial charge >= 0.3 is 0 Å². The number of rotatable bonds is 3. The van der Waals surface area contributed by atoms with E-state index in [0.29, 0.717) is 23.2 Å². The van der Waals surface area contributed by atoms with Crippen LogP contribution in [0.15, 0.2) is 17.9 Å². The summed E-state index contributed by atoms with van der Waals surface area (Å²) in [6.45, 7) is 3.70. The largest absolute Gasteiger partial charge is 0.348 e. The summed E-state index contributed by atoms with van der Waals surface area (Å²) >= 11 is 1.66. The van der Waals surface area contributed by atoms with Crippen LogP contribution in [0.4, 0.5) is 0 Å². The van der Waals surface area contributed by atoms with Crippen molar-refractivity contribution in [2.75, 3.05) is 0 Å². The Balaban J connectivity index is 1.47. The minimum absolute atomic E-state index is 0.119. The third kappa shape index (κ3) is 3.34. The van der Waals surface area contributed by atoms with Gasteiger partial charge in [-0.2, -0.15) is 5.26 Å². The van der Waals surface area contributed by atoms with Gasteiger partial charge < -0.3 is 5.32 Å². The summed E-state index contributed by atoms with van der Waals surface area (Å²) in [5, 5.41) is 12.3. The smallest absolute Gasteiger partial charge is 0.270 e. The topological polar surface area (TPSA) is 103 Å². The van der Waals surface area contributed by atoms with Crippen LogP contribution in [0.5, 0.6) is 0 Å². The van der Waals surface area contributed by atoms with Crippen LogP contribution in [0.3, 0.4) is 0 Å². The number of hydrogen-bond acceptors (Lipinski definition) is 7. The van der Waals surface area contributed by atoms with Gasteiger partial charge in [0.05, 0.1) is 17.1 Å². The Morgan fingerprint density at radius 2 is 2.15 bits per heavy atom. The molecule has 0 bridgehead atoms. The molecule has 2 aliphatic rings. The van der Waals surface area contributed by atoms with Crippen LogP contribution >= 0.6 is 11.3 Å². The number of thiazole rings is 1. The number of fused-ring (bicyclic) bond motifs is 1. The molecule has 140 valence electrons. The fourth-order valence-electron chi connectivity index (χ4n) is 4.15. The molecule has 1 saturated carbocycles. The molecule has 0 spiro atoms. The van der Waals surface area contributed by atoms with Crippen molar-refractivity contribution in [1.29, 1.82) is 5.26 Å². The molecule has 1 aliphatic heterocycles. The quantitative estimate of drug-likeness (QED) is 0.752. The number of pyridine rings is 1. The van der Waals surface area contributed by atoms with E-state index in [4.69, 9.17) is 5.26 Å². The summed E-state index contributed by atoms with van der Waals surface area (Å²) in [5.74, 6) is 0.262. The normalized spacial score (nSPS) is 27.0. The van der Waals surface area contributed by atoms with Crippen molar-refractivity contribution >= 4 is 17.2 Å². The van der Waals surface area contributed by atoms with E-state index < -0.39 is 0 Å². The van der Waals surface area contributed by atoms with Crippen LogP contribution in [0.25, 0.3) is 0 Å². The zero-order chi connectivity index (χ0) is 19.0. The van der Waals surface area contributed by atoms with E-state index in [-0.39, 0.29) is 18.0 Å². The number of carbonyl (C=O) groups is 1. The zero-order valence-electron chi connectivity index (χ0n) is 15.3. The summed E-state index contributed by atoms with van der Waals surface area (Å²) in [7, 11) is 0. The summed E-state index contributed by atoms with van der Waals surface area (Å²) in [4.78, 5) is 22.4. The molecule has 3 heterocycles. The lowest BCUT2D eigenvalue weighted by molar-refractivity contribution is 0.0909. The van der Waals surface area contributed by atoms with E-state index in [0.717, 1.165) is 30.4 Å². The second-order valence-corrected chi connectivity index (χ2v) is 8.22. The van der Waals surface area contributed by atoms with Gasteiger partial charge in [0.1, 0.15) is 11.8 Å². The van der Waals surface area contributed by atoms with Crippen LogP contribution < -0.4 is 16.2 Å². The third-order valence-electron chi connectivity index (χ3n) is 5.83. The monoisotopic (exact) mass is 382 g/mol. The van der Waals surface area contributed by atoms with Gasteiger partial charge in [0, 0.05) is 29.4 Å². The summed E-state index contributed by atoms with van der Waals surface area (Å²) < 4.78 is 0. The highest BCUT2D eigenvalue weighted by molar-refractivity contribution is 7.09. The summed E-state index contributed by atoms with van der Waals surface area (Å²) in [5.41, 5.74) is 11.2. The van der Waals surface area contributed by atoms with Gasteiger partial charge in [0.15, 0.2) is 0 Å². The van der Waals surface area contributed by atoms with Crippen LogP contribution in [0.1, 0.15) is 57.4 Å². The zero-order valence-corrected chi connectivity index (χ0v) is 16.1. The number of nitriles is 1. The molecular formula is C19H22N6OS. The maximum atomic E-state index is 12.8. The molecule has 8 heteroatoms. The van der Waals surface area contributed by atoms with E-state index in [1.165, 1.54) is 11.1 Å². The molecule has 2 fully saturated rings. The highest BCUT2D eigenvalue weighted by Crippen LogP contribution is 2.39.